The van der Waals surface area contributed by atoms with Crippen LogP contribution in [-0.4, -0.2) is 52.2 Å². The van der Waals surface area contributed by atoms with E-state index in [1.807, 2.05) is 18.0 Å². The Balaban J connectivity index is 1.48. The molecule has 6 nitrogen and oxygen atoms in total. The number of aromatic nitrogens is 3. The lowest BCUT2D eigenvalue weighted by atomic mass is 9.87. The zero-order chi connectivity index (χ0) is 18.1. The van der Waals surface area contributed by atoms with Crippen LogP contribution >= 0.6 is 0 Å². The van der Waals surface area contributed by atoms with Crippen LogP contribution in [-0.2, 0) is 12.8 Å². The maximum atomic E-state index is 13.1. The molecule has 2 aromatic heterocycles. The van der Waals surface area contributed by atoms with Crippen molar-refractivity contribution in [1.82, 2.24) is 20.1 Å². The average molecular weight is 353 g/mol. The van der Waals surface area contributed by atoms with Gasteiger partial charge in [0.15, 0.2) is 5.69 Å². The van der Waals surface area contributed by atoms with E-state index in [0.717, 1.165) is 62.4 Å². The number of hydrogen-bond acceptors (Lipinski definition) is 4. The van der Waals surface area contributed by atoms with E-state index in [-0.39, 0.29) is 5.91 Å². The lowest BCUT2D eigenvalue weighted by Crippen LogP contribution is -2.36. The van der Waals surface area contributed by atoms with Crippen molar-refractivity contribution in [3.63, 3.8) is 0 Å². The number of nitrogens with one attached hydrogen (secondary N) is 1. The molecule has 4 rings (SSSR count). The molecule has 1 aliphatic heterocycles. The van der Waals surface area contributed by atoms with Crippen LogP contribution in [0.15, 0.2) is 18.3 Å². The minimum absolute atomic E-state index is 0.0874. The van der Waals surface area contributed by atoms with Gasteiger partial charge in [-0.1, -0.05) is 6.92 Å². The molecule has 1 N–H and O–H groups in total. The number of aryl methyl sites for hydroxylation is 2. The van der Waals surface area contributed by atoms with Gasteiger partial charge >= 0.3 is 0 Å². The fraction of sp³-hybridized carbons (Fsp3) is 0.550. The number of hydrogen-bond donors (Lipinski definition) is 1. The zero-order valence-electron chi connectivity index (χ0n) is 15.7. The van der Waals surface area contributed by atoms with Crippen LogP contribution in [0.2, 0.25) is 0 Å². The van der Waals surface area contributed by atoms with Gasteiger partial charge in [-0.2, -0.15) is 5.10 Å². The molecule has 0 saturated carbocycles. The Kier molecular flexibility index (Phi) is 4.66. The molecule has 2 aromatic rings. The number of anilines is 1. The van der Waals surface area contributed by atoms with Crippen molar-refractivity contribution in [2.75, 3.05) is 31.1 Å². The van der Waals surface area contributed by atoms with E-state index in [1.54, 1.807) is 0 Å². The van der Waals surface area contributed by atoms with Crippen molar-refractivity contribution in [2.24, 2.45) is 5.92 Å². The molecule has 0 aromatic carbocycles. The molecule has 0 unspecified atom stereocenters. The van der Waals surface area contributed by atoms with Crippen molar-refractivity contribution in [2.45, 2.75) is 39.5 Å². The number of aromatic amines is 1. The summed E-state index contributed by atoms with van der Waals surface area (Å²) in [6.45, 7) is 7.60. The molecule has 0 spiro atoms. The van der Waals surface area contributed by atoms with E-state index < -0.39 is 0 Å². The molecular weight excluding hydrogens is 326 g/mol. The number of amides is 1. The van der Waals surface area contributed by atoms with Gasteiger partial charge in [-0.05, 0) is 50.7 Å². The first-order valence-electron chi connectivity index (χ1n) is 9.65. The van der Waals surface area contributed by atoms with Crippen LogP contribution in [0.3, 0.4) is 0 Å². The van der Waals surface area contributed by atoms with Crippen LogP contribution in [0.1, 0.15) is 47.2 Å². The normalized spacial score (nSPS) is 20.6. The molecule has 1 amide bonds. The summed E-state index contributed by atoms with van der Waals surface area (Å²) in [5.74, 6) is 0.713. The standard InChI is InChI=1S/C20H27N5O/c1-14-4-5-18-17(12-14)19(23-22-18)20(26)25-9-3-8-24(10-11-25)16-6-7-21-15(2)13-16/h6-7,13-14H,3-5,8-12H2,1-2H3,(H,22,23)/t14-/m0/s1. The summed E-state index contributed by atoms with van der Waals surface area (Å²) in [6.07, 6.45) is 5.97. The fourth-order valence-electron chi connectivity index (χ4n) is 4.10. The van der Waals surface area contributed by atoms with Gasteiger partial charge in [0.05, 0.1) is 0 Å². The SMILES string of the molecule is Cc1cc(N2CCCN(C(=O)c3n[nH]c4c3C[C@@H](C)CC4)CC2)ccn1. The van der Waals surface area contributed by atoms with Crippen LogP contribution in [0.25, 0.3) is 0 Å². The summed E-state index contributed by atoms with van der Waals surface area (Å²) in [4.78, 5) is 21.7. The van der Waals surface area contributed by atoms with Gasteiger partial charge in [-0.15, -0.1) is 0 Å². The third-order valence-corrected chi connectivity index (χ3v) is 5.62. The molecule has 3 heterocycles. The van der Waals surface area contributed by atoms with Crippen molar-refractivity contribution in [3.8, 4) is 0 Å². The van der Waals surface area contributed by atoms with E-state index in [0.29, 0.717) is 11.6 Å². The molecule has 0 bridgehead atoms. The Hall–Kier alpha value is -2.37. The molecule has 6 heteroatoms. The van der Waals surface area contributed by atoms with Crippen molar-refractivity contribution in [3.05, 3.63) is 41.0 Å². The summed E-state index contributed by atoms with van der Waals surface area (Å²) in [5, 5.41) is 7.50. The Labute approximate surface area is 154 Å². The monoisotopic (exact) mass is 353 g/mol. The lowest BCUT2D eigenvalue weighted by molar-refractivity contribution is 0.0759. The van der Waals surface area contributed by atoms with Gasteiger partial charge in [0.2, 0.25) is 0 Å². The largest absolute Gasteiger partial charge is 0.370 e. The van der Waals surface area contributed by atoms with Crippen molar-refractivity contribution >= 4 is 11.6 Å². The molecule has 1 atom stereocenters. The Morgan fingerprint density at radius 3 is 3.00 bits per heavy atom. The molecule has 26 heavy (non-hydrogen) atoms. The smallest absolute Gasteiger partial charge is 0.274 e. The van der Waals surface area contributed by atoms with Gasteiger partial charge in [0, 0.05) is 55.0 Å². The predicted octanol–water partition coefficient (Wildman–Crippen LogP) is 2.59. The van der Waals surface area contributed by atoms with E-state index in [9.17, 15) is 4.79 Å². The minimum Gasteiger partial charge on any atom is -0.370 e. The summed E-state index contributed by atoms with van der Waals surface area (Å²) in [6, 6.07) is 4.17. The van der Waals surface area contributed by atoms with E-state index >= 15 is 0 Å². The minimum atomic E-state index is 0.0874. The predicted molar refractivity (Wildman–Crippen MR) is 101 cm³/mol. The third-order valence-electron chi connectivity index (χ3n) is 5.62. The van der Waals surface area contributed by atoms with Gasteiger partial charge in [-0.25, -0.2) is 0 Å². The van der Waals surface area contributed by atoms with E-state index in [4.69, 9.17) is 0 Å². The highest BCUT2D eigenvalue weighted by Crippen LogP contribution is 2.27. The number of rotatable bonds is 2. The van der Waals surface area contributed by atoms with Gasteiger partial charge in [-0.3, -0.25) is 14.9 Å². The van der Waals surface area contributed by atoms with Crippen LogP contribution < -0.4 is 4.90 Å². The quantitative estimate of drug-likeness (QED) is 0.901. The molecular formula is C20H27N5O. The first-order chi connectivity index (χ1) is 12.6. The fourth-order valence-corrected chi connectivity index (χ4v) is 4.10. The second-order valence-electron chi connectivity index (χ2n) is 7.67. The number of H-pyrrole nitrogens is 1. The zero-order valence-corrected chi connectivity index (χ0v) is 15.7. The molecule has 1 fully saturated rings. The van der Waals surface area contributed by atoms with Crippen LogP contribution in [0.5, 0.6) is 0 Å². The Morgan fingerprint density at radius 2 is 2.15 bits per heavy atom. The highest BCUT2D eigenvalue weighted by molar-refractivity contribution is 5.94. The topological polar surface area (TPSA) is 65.1 Å². The summed E-state index contributed by atoms with van der Waals surface area (Å²) in [5.41, 5.74) is 5.18. The Bertz CT molecular complexity index is 799. The summed E-state index contributed by atoms with van der Waals surface area (Å²) in [7, 11) is 0. The van der Waals surface area contributed by atoms with Crippen molar-refractivity contribution < 1.29 is 4.79 Å². The number of nitrogens with zero attached hydrogens (tertiary/aromatic N) is 4. The third kappa shape index (κ3) is 3.32. The molecule has 2 aliphatic rings. The van der Waals surface area contributed by atoms with Crippen LogP contribution in [0.4, 0.5) is 5.69 Å². The maximum absolute atomic E-state index is 13.1. The molecule has 1 saturated heterocycles. The second kappa shape index (κ2) is 7.09. The number of carbonyl (C=O) groups is 1. The summed E-state index contributed by atoms with van der Waals surface area (Å²) >= 11 is 0. The lowest BCUT2D eigenvalue weighted by Gasteiger charge is -2.24. The van der Waals surface area contributed by atoms with Crippen molar-refractivity contribution in [1.29, 1.82) is 0 Å². The molecule has 0 radical (unpaired) electrons. The second-order valence-corrected chi connectivity index (χ2v) is 7.67. The number of fused-ring (bicyclic) bond motifs is 1. The average Bonchev–Trinajstić information content (AvgIpc) is 2.88. The summed E-state index contributed by atoms with van der Waals surface area (Å²) < 4.78 is 0. The van der Waals surface area contributed by atoms with Gasteiger partial charge in [0.1, 0.15) is 0 Å². The Morgan fingerprint density at radius 1 is 1.27 bits per heavy atom. The van der Waals surface area contributed by atoms with Crippen LogP contribution in [0, 0.1) is 12.8 Å². The first-order valence-corrected chi connectivity index (χ1v) is 9.65. The van der Waals surface area contributed by atoms with E-state index in [1.165, 1.54) is 12.1 Å². The van der Waals surface area contributed by atoms with Gasteiger partial charge < -0.3 is 9.80 Å². The molecule has 1 aliphatic carbocycles. The van der Waals surface area contributed by atoms with Gasteiger partial charge in [0.25, 0.3) is 5.91 Å². The highest BCUT2D eigenvalue weighted by atomic mass is 16.2. The number of pyridine rings is 1. The molecule has 138 valence electrons. The number of carbonyl (C=O) groups excluding carboxylic acids is 1. The first kappa shape index (κ1) is 17.1. The van der Waals surface area contributed by atoms with E-state index in [2.05, 4.69) is 39.1 Å². The highest BCUT2D eigenvalue weighted by Gasteiger charge is 2.28. The maximum Gasteiger partial charge on any atom is 0.274 e.